The normalized spacial score (nSPS) is 11.4. The molecule has 0 aliphatic rings. The third-order valence-corrected chi connectivity index (χ3v) is 6.26. The van der Waals surface area contributed by atoms with Gasteiger partial charge in [-0.2, -0.15) is 0 Å². The number of carbonyl (C=O) groups excluding carboxylic acids is 1. The predicted octanol–water partition coefficient (Wildman–Crippen LogP) is 1.42. The molecule has 6 nitrogen and oxygen atoms in total. The molecule has 0 fully saturated rings. The number of thiazole rings is 1. The molecule has 0 aliphatic carbocycles. The van der Waals surface area contributed by atoms with Crippen molar-refractivity contribution in [2.45, 2.75) is 5.54 Å². The van der Waals surface area contributed by atoms with Gasteiger partial charge in [-0.3, -0.25) is 0 Å². The number of carboxylic acids is 1. The van der Waals surface area contributed by atoms with Gasteiger partial charge >= 0.3 is 29.6 Å². The van der Waals surface area contributed by atoms with E-state index in [9.17, 15) is 9.90 Å². The van der Waals surface area contributed by atoms with Gasteiger partial charge in [-0.05, 0) is 16.7 Å². The van der Waals surface area contributed by atoms with Crippen LogP contribution in [0.1, 0.15) is 22.4 Å². The van der Waals surface area contributed by atoms with Crippen LogP contribution in [0, 0.1) is 0 Å². The van der Waals surface area contributed by atoms with Gasteiger partial charge in [0.1, 0.15) is 17.8 Å². The Kier molecular flexibility index (Phi) is 10.1. The standard InChI is InChI=1S/C26H22BrN3O3S.Na/c27-16-17-33-30-23(24(31)32)22-18-34-25(28-22)29-26(19-10-4-1-5-11-19,20-12-6-2-7-13-20)21-14-8-3-9-15-21;/h1-15,18H,16-17H2,(H,28,29)(H,31,32);/q;+1/p-1. The van der Waals surface area contributed by atoms with Crippen molar-refractivity contribution in [3.63, 3.8) is 0 Å². The molecule has 1 N–H and O–H groups in total. The van der Waals surface area contributed by atoms with E-state index >= 15 is 0 Å². The van der Waals surface area contributed by atoms with Crippen LogP contribution < -0.4 is 40.0 Å². The molecule has 9 heteroatoms. The zero-order valence-corrected chi connectivity index (χ0v) is 23.5. The Hall–Kier alpha value is -2.49. The minimum atomic E-state index is -1.45. The monoisotopic (exact) mass is 557 g/mol. The largest absolute Gasteiger partial charge is 1.00 e. The van der Waals surface area contributed by atoms with Crippen molar-refractivity contribution in [2.24, 2.45) is 5.16 Å². The van der Waals surface area contributed by atoms with Crippen LogP contribution in [-0.2, 0) is 15.2 Å². The van der Waals surface area contributed by atoms with Crippen molar-refractivity contribution in [1.29, 1.82) is 0 Å². The molecule has 0 unspecified atom stereocenters. The van der Waals surface area contributed by atoms with Crippen molar-refractivity contribution in [3.8, 4) is 0 Å². The molecule has 172 valence electrons. The third-order valence-electron chi connectivity index (χ3n) is 5.18. The molecule has 0 amide bonds. The fourth-order valence-corrected chi connectivity index (χ4v) is 4.61. The van der Waals surface area contributed by atoms with Gasteiger partial charge in [-0.15, -0.1) is 11.3 Å². The number of anilines is 1. The topological polar surface area (TPSA) is 86.6 Å². The Morgan fingerprint density at radius 2 is 1.43 bits per heavy atom. The number of nitrogens with one attached hydrogen (secondary N) is 1. The molecular weight excluding hydrogens is 537 g/mol. The van der Waals surface area contributed by atoms with Crippen LogP contribution in [0.3, 0.4) is 0 Å². The molecule has 1 aromatic heterocycles. The quantitative estimate of drug-likeness (QED) is 0.0795. The van der Waals surface area contributed by atoms with E-state index in [1.54, 1.807) is 5.38 Å². The summed E-state index contributed by atoms with van der Waals surface area (Å²) in [6, 6.07) is 30.2. The number of aromatic nitrogens is 1. The maximum atomic E-state index is 11.7. The van der Waals surface area contributed by atoms with Gasteiger partial charge in [-0.25, -0.2) is 4.98 Å². The summed E-state index contributed by atoms with van der Waals surface area (Å²) in [5.41, 5.74) is 2.08. The van der Waals surface area contributed by atoms with E-state index in [4.69, 9.17) is 4.84 Å². The summed E-state index contributed by atoms with van der Waals surface area (Å²) in [4.78, 5) is 21.2. The fourth-order valence-electron chi connectivity index (χ4n) is 3.71. The molecule has 0 aliphatic heterocycles. The first kappa shape index (κ1) is 27.1. The first-order valence-corrected chi connectivity index (χ1v) is 12.5. The minimum Gasteiger partial charge on any atom is -0.543 e. The number of halogens is 1. The number of carboxylic acid groups (broad SMARTS) is 1. The molecule has 0 bridgehead atoms. The van der Waals surface area contributed by atoms with E-state index in [0.717, 1.165) is 16.7 Å². The first-order valence-electron chi connectivity index (χ1n) is 10.5. The second-order valence-corrected chi connectivity index (χ2v) is 8.91. The second-order valence-electron chi connectivity index (χ2n) is 7.26. The average molecular weight is 558 g/mol. The number of rotatable bonds is 10. The number of hydrogen-bond donors (Lipinski definition) is 1. The summed E-state index contributed by atoms with van der Waals surface area (Å²) < 4.78 is 0. The van der Waals surface area contributed by atoms with Crippen molar-refractivity contribution in [2.75, 3.05) is 17.3 Å². The Morgan fingerprint density at radius 3 is 1.86 bits per heavy atom. The van der Waals surface area contributed by atoms with Gasteiger partial charge in [-0.1, -0.05) is 112 Å². The van der Waals surface area contributed by atoms with Crippen molar-refractivity contribution >= 4 is 44.1 Å². The average Bonchev–Trinajstić information content (AvgIpc) is 3.34. The Morgan fingerprint density at radius 1 is 0.943 bits per heavy atom. The van der Waals surface area contributed by atoms with E-state index < -0.39 is 11.5 Å². The number of aliphatic carboxylic acids is 1. The van der Waals surface area contributed by atoms with Crippen LogP contribution in [0.15, 0.2) is 102 Å². The van der Waals surface area contributed by atoms with E-state index in [1.807, 2.05) is 54.6 Å². The van der Waals surface area contributed by atoms with Crippen molar-refractivity contribution < 1.29 is 44.3 Å². The maximum absolute atomic E-state index is 11.7. The van der Waals surface area contributed by atoms with E-state index in [1.165, 1.54) is 11.3 Å². The zero-order chi connectivity index (χ0) is 23.8. The predicted molar refractivity (Wildman–Crippen MR) is 136 cm³/mol. The third kappa shape index (κ3) is 6.20. The molecule has 4 rings (SSSR count). The summed E-state index contributed by atoms with van der Waals surface area (Å²) in [6.45, 7) is 0.227. The van der Waals surface area contributed by atoms with Crippen LogP contribution in [-0.4, -0.2) is 28.6 Å². The molecular formula is C26H21BrN3NaO3S. The molecule has 0 atom stereocenters. The van der Waals surface area contributed by atoms with Crippen LogP contribution in [0.5, 0.6) is 0 Å². The Balaban J connectivity index is 0.00000342. The number of nitrogens with zero attached hydrogens (tertiary/aromatic N) is 2. The first-order chi connectivity index (χ1) is 16.6. The van der Waals surface area contributed by atoms with E-state index in [0.29, 0.717) is 10.5 Å². The SMILES string of the molecule is O=C([O-])C(=NOCCBr)c1csc(NC(c2ccccc2)(c2ccccc2)c2ccccc2)n1.[Na+]. The van der Waals surface area contributed by atoms with E-state index in [-0.39, 0.29) is 47.6 Å². The number of hydrogen-bond acceptors (Lipinski definition) is 7. The van der Waals surface area contributed by atoms with Crippen molar-refractivity contribution in [3.05, 3.63) is 119 Å². The van der Waals surface area contributed by atoms with Crippen LogP contribution in [0.4, 0.5) is 5.13 Å². The summed E-state index contributed by atoms with van der Waals surface area (Å²) in [5.74, 6) is -1.45. The molecule has 0 radical (unpaired) electrons. The maximum Gasteiger partial charge on any atom is 1.00 e. The minimum absolute atomic E-state index is 0. The summed E-state index contributed by atoms with van der Waals surface area (Å²) in [5, 5.41) is 21.7. The van der Waals surface area contributed by atoms with Crippen LogP contribution >= 0.6 is 27.3 Å². The molecule has 4 aromatic rings. The summed E-state index contributed by atoms with van der Waals surface area (Å²) in [6.07, 6.45) is 0. The van der Waals surface area contributed by atoms with Gasteiger partial charge in [0.2, 0.25) is 0 Å². The number of alkyl halides is 1. The number of benzene rings is 3. The molecule has 0 spiro atoms. The zero-order valence-electron chi connectivity index (χ0n) is 19.1. The van der Waals surface area contributed by atoms with Crippen LogP contribution in [0.25, 0.3) is 0 Å². The van der Waals surface area contributed by atoms with Gasteiger partial charge in [0, 0.05) is 10.7 Å². The van der Waals surface area contributed by atoms with Crippen LogP contribution in [0.2, 0.25) is 0 Å². The molecule has 0 saturated carbocycles. The number of oxime groups is 1. The molecule has 35 heavy (non-hydrogen) atoms. The molecule has 3 aromatic carbocycles. The summed E-state index contributed by atoms with van der Waals surface area (Å²) in [7, 11) is 0. The Labute approximate surface area is 238 Å². The van der Waals surface area contributed by atoms with Crippen molar-refractivity contribution in [1.82, 2.24) is 4.98 Å². The van der Waals surface area contributed by atoms with Gasteiger partial charge in [0.15, 0.2) is 10.8 Å². The summed E-state index contributed by atoms with van der Waals surface area (Å²) >= 11 is 4.50. The molecule has 1 heterocycles. The van der Waals surface area contributed by atoms with Gasteiger partial charge in [0.25, 0.3) is 0 Å². The number of carbonyl (C=O) groups is 1. The molecule has 0 saturated heterocycles. The second kappa shape index (κ2) is 13.0. The van der Waals surface area contributed by atoms with Gasteiger partial charge < -0.3 is 20.1 Å². The smallest absolute Gasteiger partial charge is 0.543 e. The van der Waals surface area contributed by atoms with Gasteiger partial charge in [0.05, 0.1) is 5.97 Å². The fraction of sp³-hybridized carbons (Fsp3) is 0.115. The van der Waals surface area contributed by atoms with E-state index in [2.05, 4.69) is 67.8 Å². The Bertz CT molecular complexity index is 1160.